The number of amides is 1. The first-order valence-corrected chi connectivity index (χ1v) is 3.07. The molecule has 1 N–H and O–H groups in total. The first kappa shape index (κ1) is 8.94. The molecule has 0 aliphatic heterocycles. The Labute approximate surface area is 59.2 Å². The monoisotopic (exact) mass is 144 g/mol. The highest BCUT2D eigenvalue weighted by molar-refractivity contribution is 5.72. The molecular formula is C6H10NO3-. The van der Waals surface area contributed by atoms with E-state index in [1.54, 1.807) is 0 Å². The molecule has 4 heteroatoms. The Balaban J connectivity index is 3.06. The maximum atomic E-state index is 10.2. The van der Waals surface area contributed by atoms with Gasteiger partial charge in [-0.05, 0) is 12.8 Å². The molecule has 4 nitrogen and oxygen atoms in total. The lowest BCUT2D eigenvalue weighted by atomic mass is 10.3. The van der Waals surface area contributed by atoms with E-state index in [0.29, 0.717) is 13.0 Å². The van der Waals surface area contributed by atoms with Crippen molar-refractivity contribution in [2.24, 2.45) is 0 Å². The van der Waals surface area contributed by atoms with E-state index in [1.807, 2.05) is 0 Å². The molecule has 0 aliphatic carbocycles. The van der Waals surface area contributed by atoms with E-state index in [1.165, 1.54) is 6.92 Å². The lowest BCUT2D eigenvalue weighted by Gasteiger charge is -2.01. The topological polar surface area (TPSA) is 69.2 Å². The molecule has 0 atom stereocenters. The number of aliphatic carboxylic acids is 1. The summed E-state index contributed by atoms with van der Waals surface area (Å²) in [6.07, 6.45) is 0.433. The molecule has 0 fully saturated rings. The van der Waals surface area contributed by atoms with Crippen molar-refractivity contribution in [3.63, 3.8) is 0 Å². The molecular weight excluding hydrogens is 134 g/mol. The average Bonchev–Trinajstić information content (AvgIpc) is 1.79. The van der Waals surface area contributed by atoms with Gasteiger partial charge >= 0.3 is 0 Å². The minimum absolute atomic E-state index is 0.000278. The zero-order valence-electron chi connectivity index (χ0n) is 5.85. The summed E-state index contributed by atoms with van der Waals surface area (Å²) >= 11 is 0. The molecule has 0 aromatic rings. The third kappa shape index (κ3) is 6.94. The van der Waals surface area contributed by atoms with Gasteiger partial charge in [0.2, 0.25) is 5.91 Å². The third-order valence-corrected chi connectivity index (χ3v) is 0.932. The number of carboxylic acid groups (broad SMARTS) is 1. The van der Waals surface area contributed by atoms with Crippen molar-refractivity contribution in [3.8, 4) is 0 Å². The number of nitrogens with one attached hydrogen (secondary N) is 1. The Morgan fingerprint density at radius 3 is 2.50 bits per heavy atom. The van der Waals surface area contributed by atoms with Crippen molar-refractivity contribution in [2.45, 2.75) is 19.8 Å². The summed E-state index contributed by atoms with van der Waals surface area (Å²) in [6, 6.07) is 0. The van der Waals surface area contributed by atoms with E-state index in [2.05, 4.69) is 5.32 Å². The lowest BCUT2D eigenvalue weighted by Crippen LogP contribution is -2.25. The molecule has 0 aromatic carbocycles. The molecule has 58 valence electrons. The molecule has 0 unspecified atom stereocenters. The minimum Gasteiger partial charge on any atom is -0.550 e. The summed E-state index contributed by atoms with van der Waals surface area (Å²) < 4.78 is 0. The van der Waals surface area contributed by atoms with Crippen molar-refractivity contribution >= 4 is 11.9 Å². The van der Waals surface area contributed by atoms with Crippen LogP contribution in [0.1, 0.15) is 19.8 Å². The molecule has 0 saturated carbocycles. The smallest absolute Gasteiger partial charge is 0.216 e. The van der Waals surface area contributed by atoms with Crippen molar-refractivity contribution < 1.29 is 14.7 Å². The lowest BCUT2D eigenvalue weighted by molar-refractivity contribution is -0.305. The van der Waals surface area contributed by atoms with Crippen LogP contribution in [0.15, 0.2) is 0 Å². The highest BCUT2D eigenvalue weighted by atomic mass is 16.4. The largest absolute Gasteiger partial charge is 0.550 e. The van der Waals surface area contributed by atoms with Gasteiger partial charge in [0, 0.05) is 19.4 Å². The Hall–Kier alpha value is -1.06. The molecule has 0 rings (SSSR count). The van der Waals surface area contributed by atoms with Crippen molar-refractivity contribution in [1.29, 1.82) is 0 Å². The van der Waals surface area contributed by atoms with Crippen molar-refractivity contribution in [1.82, 2.24) is 5.32 Å². The molecule has 0 aromatic heterocycles. The summed E-state index contributed by atoms with van der Waals surface area (Å²) in [4.78, 5) is 20.0. The molecule has 0 spiro atoms. The third-order valence-electron chi connectivity index (χ3n) is 0.932. The zero-order valence-corrected chi connectivity index (χ0v) is 5.85. The highest BCUT2D eigenvalue weighted by Gasteiger charge is 1.89. The van der Waals surface area contributed by atoms with Crippen LogP contribution < -0.4 is 10.4 Å². The first-order valence-electron chi connectivity index (χ1n) is 3.07. The number of carbonyl (C=O) groups is 2. The SMILES string of the molecule is CC(=O)NCCCC(=O)[O-]. The van der Waals surface area contributed by atoms with E-state index < -0.39 is 5.97 Å². The van der Waals surface area contributed by atoms with Crippen LogP contribution in [0.2, 0.25) is 0 Å². The summed E-state index contributed by atoms with van der Waals surface area (Å²) in [7, 11) is 0. The van der Waals surface area contributed by atoms with E-state index in [9.17, 15) is 14.7 Å². The van der Waals surface area contributed by atoms with Crippen LogP contribution in [0.4, 0.5) is 0 Å². The Morgan fingerprint density at radius 2 is 2.10 bits per heavy atom. The van der Waals surface area contributed by atoms with Crippen molar-refractivity contribution in [3.05, 3.63) is 0 Å². The van der Waals surface area contributed by atoms with Crippen LogP contribution in [0.3, 0.4) is 0 Å². The normalized spacial score (nSPS) is 8.90. The van der Waals surface area contributed by atoms with Gasteiger partial charge in [0.25, 0.3) is 0 Å². The van der Waals surface area contributed by atoms with Crippen LogP contribution in [-0.2, 0) is 9.59 Å². The minimum atomic E-state index is -1.08. The van der Waals surface area contributed by atoms with Crippen molar-refractivity contribution in [2.75, 3.05) is 6.54 Å². The number of rotatable bonds is 4. The van der Waals surface area contributed by atoms with Crippen LogP contribution >= 0.6 is 0 Å². The van der Waals surface area contributed by atoms with Gasteiger partial charge in [-0.3, -0.25) is 4.79 Å². The van der Waals surface area contributed by atoms with Gasteiger partial charge in [-0.2, -0.15) is 0 Å². The first-order chi connectivity index (χ1) is 4.63. The fraction of sp³-hybridized carbons (Fsp3) is 0.667. The number of carboxylic acids is 1. The van der Waals surface area contributed by atoms with E-state index >= 15 is 0 Å². The van der Waals surface area contributed by atoms with Gasteiger partial charge in [-0.1, -0.05) is 0 Å². The van der Waals surface area contributed by atoms with Gasteiger partial charge < -0.3 is 15.2 Å². The molecule has 0 aliphatic rings. The fourth-order valence-electron chi connectivity index (χ4n) is 0.497. The summed E-state index contributed by atoms with van der Waals surface area (Å²) in [5.41, 5.74) is 0. The quantitative estimate of drug-likeness (QED) is 0.496. The maximum Gasteiger partial charge on any atom is 0.216 e. The molecule has 1 amide bonds. The number of hydrogen-bond acceptors (Lipinski definition) is 3. The second-order valence-corrected chi connectivity index (χ2v) is 1.96. The molecule has 0 saturated heterocycles. The summed E-state index contributed by atoms with van der Waals surface area (Å²) in [6.45, 7) is 1.79. The zero-order chi connectivity index (χ0) is 7.98. The van der Waals surface area contributed by atoms with Gasteiger partial charge in [0.15, 0.2) is 0 Å². The predicted octanol–water partition coefficient (Wildman–Crippen LogP) is -1.35. The Morgan fingerprint density at radius 1 is 1.50 bits per heavy atom. The molecule has 10 heavy (non-hydrogen) atoms. The second kappa shape index (κ2) is 4.78. The Kier molecular flexibility index (Phi) is 4.28. The van der Waals surface area contributed by atoms with Crippen LogP contribution in [0.5, 0.6) is 0 Å². The molecule has 0 heterocycles. The highest BCUT2D eigenvalue weighted by Crippen LogP contribution is 1.82. The van der Waals surface area contributed by atoms with Gasteiger partial charge in [-0.15, -0.1) is 0 Å². The molecule has 0 radical (unpaired) electrons. The van der Waals surface area contributed by atoms with Gasteiger partial charge in [-0.25, -0.2) is 0 Å². The number of carbonyl (C=O) groups excluding carboxylic acids is 2. The predicted molar refractivity (Wildman–Crippen MR) is 32.9 cm³/mol. The number of hydrogen-bond donors (Lipinski definition) is 1. The standard InChI is InChI=1S/C6H11NO3/c1-5(8)7-4-2-3-6(9)10/h2-4H2,1H3,(H,7,8)(H,9,10)/p-1. The van der Waals surface area contributed by atoms with Gasteiger partial charge in [0.1, 0.15) is 0 Å². The fourth-order valence-corrected chi connectivity index (χ4v) is 0.497. The Bertz CT molecular complexity index is 117. The summed E-state index contributed by atoms with van der Waals surface area (Å²) in [5, 5.41) is 12.3. The maximum absolute atomic E-state index is 10.2. The van der Waals surface area contributed by atoms with Gasteiger partial charge in [0.05, 0.1) is 0 Å². The van der Waals surface area contributed by atoms with Crippen LogP contribution in [0.25, 0.3) is 0 Å². The van der Waals surface area contributed by atoms with E-state index in [-0.39, 0.29) is 12.3 Å². The van der Waals surface area contributed by atoms with Crippen LogP contribution in [0, 0.1) is 0 Å². The van der Waals surface area contributed by atoms with E-state index in [4.69, 9.17) is 0 Å². The average molecular weight is 144 g/mol. The summed E-state index contributed by atoms with van der Waals surface area (Å²) in [5.74, 6) is -1.22. The second-order valence-electron chi connectivity index (χ2n) is 1.96. The molecule has 0 bridgehead atoms. The van der Waals surface area contributed by atoms with Crippen LogP contribution in [-0.4, -0.2) is 18.4 Å². The van der Waals surface area contributed by atoms with E-state index in [0.717, 1.165) is 0 Å².